The second kappa shape index (κ2) is 6.60. The predicted octanol–water partition coefficient (Wildman–Crippen LogP) is 3.29. The molecule has 0 bridgehead atoms. The second-order valence-corrected chi connectivity index (χ2v) is 4.86. The minimum atomic E-state index is -0.164. The fourth-order valence-electron chi connectivity index (χ4n) is 1.66. The minimum absolute atomic E-state index is 0.151. The lowest BCUT2D eigenvalue weighted by Crippen LogP contribution is -2.34. The van der Waals surface area contributed by atoms with Gasteiger partial charge >= 0.3 is 0 Å². The Morgan fingerprint density at radius 3 is 2.76 bits per heavy atom. The molecule has 1 N–H and O–H groups in total. The third kappa shape index (κ3) is 4.73. The van der Waals surface area contributed by atoms with E-state index >= 15 is 0 Å². The average molecular weight is 255 g/mol. The van der Waals surface area contributed by atoms with Crippen molar-refractivity contribution < 1.29 is 4.79 Å². The van der Waals surface area contributed by atoms with E-state index in [-0.39, 0.29) is 11.9 Å². The van der Waals surface area contributed by atoms with Gasteiger partial charge in [-0.15, -0.1) is 0 Å². The minimum Gasteiger partial charge on any atom is -0.348 e. The van der Waals surface area contributed by atoms with Crippen LogP contribution in [0.2, 0.25) is 5.15 Å². The fraction of sp³-hybridized carbons (Fsp3) is 0.538. The molecule has 2 unspecified atom stereocenters. The number of nitrogens with one attached hydrogen (secondary N) is 1. The van der Waals surface area contributed by atoms with Gasteiger partial charge in [-0.1, -0.05) is 37.9 Å². The monoisotopic (exact) mass is 254 g/mol. The number of amides is 1. The van der Waals surface area contributed by atoms with Crippen LogP contribution >= 0.6 is 11.6 Å². The van der Waals surface area contributed by atoms with Gasteiger partial charge < -0.3 is 5.32 Å². The molecule has 1 amide bonds. The molecule has 0 aliphatic carbocycles. The number of nitrogens with zero attached hydrogens (tertiary/aromatic N) is 1. The lowest BCUT2D eigenvalue weighted by atomic mass is 10.0. The molecule has 17 heavy (non-hydrogen) atoms. The van der Waals surface area contributed by atoms with E-state index in [1.807, 2.05) is 6.92 Å². The molecule has 0 saturated carbocycles. The molecule has 1 aromatic rings. The summed E-state index contributed by atoms with van der Waals surface area (Å²) in [5.74, 6) is 0.445. The predicted molar refractivity (Wildman–Crippen MR) is 70.2 cm³/mol. The molecule has 0 fully saturated rings. The quantitative estimate of drug-likeness (QED) is 0.820. The lowest BCUT2D eigenvalue weighted by molar-refractivity contribution is 0.0930. The molecule has 1 rings (SSSR count). The molecule has 0 spiro atoms. The summed E-state index contributed by atoms with van der Waals surface area (Å²) in [6, 6.07) is 5.19. The highest BCUT2D eigenvalue weighted by Crippen LogP contribution is 2.10. The van der Waals surface area contributed by atoms with E-state index in [9.17, 15) is 4.79 Å². The van der Waals surface area contributed by atoms with Crippen molar-refractivity contribution in [3.63, 3.8) is 0 Å². The van der Waals surface area contributed by atoms with Crippen molar-refractivity contribution in [1.82, 2.24) is 10.3 Å². The molecule has 3 nitrogen and oxygen atoms in total. The van der Waals surface area contributed by atoms with Crippen molar-refractivity contribution in [2.75, 3.05) is 0 Å². The van der Waals surface area contributed by atoms with Gasteiger partial charge in [0.15, 0.2) is 0 Å². The van der Waals surface area contributed by atoms with Gasteiger partial charge in [0.2, 0.25) is 0 Å². The molecule has 4 heteroatoms. The molecule has 0 saturated heterocycles. The van der Waals surface area contributed by atoms with E-state index in [4.69, 9.17) is 11.6 Å². The molecule has 0 radical (unpaired) electrons. The van der Waals surface area contributed by atoms with Crippen LogP contribution in [0.4, 0.5) is 0 Å². The van der Waals surface area contributed by atoms with Crippen molar-refractivity contribution in [1.29, 1.82) is 0 Å². The van der Waals surface area contributed by atoms with Gasteiger partial charge in [0.25, 0.3) is 5.91 Å². The van der Waals surface area contributed by atoms with Crippen molar-refractivity contribution in [3.8, 4) is 0 Å². The first-order chi connectivity index (χ1) is 8.02. The smallest absolute Gasteiger partial charge is 0.270 e. The highest BCUT2D eigenvalue weighted by Gasteiger charge is 2.13. The third-order valence-electron chi connectivity index (χ3n) is 2.78. The normalized spacial score (nSPS) is 14.1. The fourth-order valence-corrected chi connectivity index (χ4v) is 1.83. The number of halogens is 1. The zero-order chi connectivity index (χ0) is 12.8. The van der Waals surface area contributed by atoms with Crippen molar-refractivity contribution in [2.45, 2.75) is 39.7 Å². The number of carbonyl (C=O) groups excluding carboxylic acids is 1. The zero-order valence-electron chi connectivity index (χ0n) is 10.5. The maximum atomic E-state index is 11.8. The standard InChI is InChI=1S/C13H19ClN2O/c1-4-9(2)8-10(3)15-13(17)11-6-5-7-12(14)16-11/h5-7,9-10H,4,8H2,1-3H3,(H,15,17). The van der Waals surface area contributed by atoms with E-state index in [1.54, 1.807) is 18.2 Å². The van der Waals surface area contributed by atoms with Crippen molar-refractivity contribution in [2.24, 2.45) is 5.92 Å². The summed E-state index contributed by atoms with van der Waals surface area (Å²) in [4.78, 5) is 15.8. The Bertz CT molecular complexity index is 381. The molecular weight excluding hydrogens is 236 g/mol. The molecule has 0 aliphatic rings. The number of carbonyl (C=O) groups is 1. The molecular formula is C13H19ClN2O. The van der Waals surface area contributed by atoms with E-state index in [0.717, 1.165) is 12.8 Å². The number of rotatable bonds is 5. The Labute approximate surface area is 108 Å². The Hall–Kier alpha value is -1.09. The van der Waals surface area contributed by atoms with Gasteiger partial charge in [0.1, 0.15) is 10.8 Å². The molecule has 0 aliphatic heterocycles. The highest BCUT2D eigenvalue weighted by atomic mass is 35.5. The third-order valence-corrected chi connectivity index (χ3v) is 2.99. The van der Waals surface area contributed by atoms with Gasteiger partial charge in [0.05, 0.1) is 0 Å². The molecule has 1 aromatic heterocycles. The summed E-state index contributed by atoms with van der Waals surface area (Å²) in [6.45, 7) is 6.34. The Morgan fingerprint density at radius 2 is 2.18 bits per heavy atom. The summed E-state index contributed by atoms with van der Waals surface area (Å²) in [5.41, 5.74) is 0.369. The maximum absolute atomic E-state index is 11.8. The van der Waals surface area contributed by atoms with Gasteiger partial charge in [0, 0.05) is 6.04 Å². The zero-order valence-corrected chi connectivity index (χ0v) is 11.3. The van der Waals surface area contributed by atoms with E-state index in [1.165, 1.54) is 0 Å². The van der Waals surface area contributed by atoms with Crippen molar-refractivity contribution >= 4 is 17.5 Å². The summed E-state index contributed by atoms with van der Waals surface area (Å²) in [7, 11) is 0. The Balaban J connectivity index is 2.54. The average Bonchev–Trinajstić information content (AvgIpc) is 2.28. The van der Waals surface area contributed by atoms with Crippen LogP contribution in [0.15, 0.2) is 18.2 Å². The summed E-state index contributed by atoms with van der Waals surface area (Å²) in [6.07, 6.45) is 2.10. The molecule has 0 aromatic carbocycles. The number of hydrogen-bond donors (Lipinski definition) is 1. The van der Waals surface area contributed by atoms with Crippen LogP contribution in [0.5, 0.6) is 0 Å². The maximum Gasteiger partial charge on any atom is 0.270 e. The SMILES string of the molecule is CCC(C)CC(C)NC(=O)c1cccc(Cl)n1. The largest absolute Gasteiger partial charge is 0.348 e. The van der Waals surface area contributed by atoms with Crippen molar-refractivity contribution in [3.05, 3.63) is 29.0 Å². The second-order valence-electron chi connectivity index (χ2n) is 4.47. The Morgan fingerprint density at radius 1 is 1.47 bits per heavy atom. The summed E-state index contributed by atoms with van der Waals surface area (Å²) < 4.78 is 0. The van der Waals surface area contributed by atoms with Crippen LogP contribution in [0, 0.1) is 5.92 Å². The van der Waals surface area contributed by atoms with Crippen LogP contribution in [0.25, 0.3) is 0 Å². The van der Waals surface area contributed by atoms with Crippen LogP contribution in [0.3, 0.4) is 0 Å². The first-order valence-electron chi connectivity index (χ1n) is 5.96. The number of pyridine rings is 1. The molecule has 1 heterocycles. The number of aromatic nitrogens is 1. The van der Waals surface area contributed by atoms with Gasteiger partial charge in [-0.05, 0) is 31.4 Å². The van der Waals surface area contributed by atoms with Crippen LogP contribution in [-0.2, 0) is 0 Å². The molecule has 2 atom stereocenters. The van der Waals surface area contributed by atoms with E-state index in [0.29, 0.717) is 16.8 Å². The summed E-state index contributed by atoms with van der Waals surface area (Å²) in [5, 5.41) is 3.27. The van der Waals surface area contributed by atoms with Gasteiger partial charge in [-0.2, -0.15) is 0 Å². The molecule has 94 valence electrons. The summed E-state index contributed by atoms with van der Waals surface area (Å²) >= 11 is 5.74. The van der Waals surface area contributed by atoms with E-state index < -0.39 is 0 Å². The first kappa shape index (κ1) is 14.0. The van der Waals surface area contributed by atoms with Crippen LogP contribution in [-0.4, -0.2) is 16.9 Å². The van der Waals surface area contributed by atoms with E-state index in [2.05, 4.69) is 24.1 Å². The van der Waals surface area contributed by atoms with Gasteiger partial charge in [-0.25, -0.2) is 4.98 Å². The van der Waals surface area contributed by atoms with Crippen LogP contribution in [0.1, 0.15) is 44.1 Å². The highest BCUT2D eigenvalue weighted by molar-refractivity contribution is 6.29. The lowest BCUT2D eigenvalue weighted by Gasteiger charge is -2.17. The topological polar surface area (TPSA) is 42.0 Å². The number of hydrogen-bond acceptors (Lipinski definition) is 2. The van der Waals surface area contributed by atoms with Crippen LogP contribution < -0.4 is 5.32 Å². The Kier molecular flexibility index (Phi) is 5.42. The van der Waals surface area contributed by atoms with Gasteiger partial charge in [-0.3, -0.25) is 4.79 Å². The first-order valence-corrected chi connectivity index (χ1v) is 6.34.